The molecule has 1 amide bonds. The molecule has 3 aromatic rings. The minimum atomic E-state index is -1.34. The topological polar surface area (TPSA) is 78.5 Å². The third-order valence-electron chi connectivity index (χ3n) is 5.30. The maximum Gasteiger partial charge on any atom is 0.407 e. The zero-order valence-electron chi connectivity index (χ0n) is 16.0. The number of alkyl carbamates (subject to hydrolysis) is 1. The first kappa shape index (κ1) is 20.4. The van der Waals surface area contributed by atoms with E-state index in [2.05, 4.69) is 40.0 Å². The van der Waals surface area contributed by atoms with Crippen LogP contribution in [0.25, 0.3) is 11.1 Å². The molecule has 0 bridgehead atoms. The van der Waals surface area contributed by atoms with E-state index in [1.165, 1.54) is 0 Å². The van der Waals surface area contributed by atoms with Crippen LogP contribution in [0.3, 0.4) is 0 Å². The van der Waals surface area contributed by atoms with E-state index in [-0.39, 0.29) is 18.9 Å². The third kappa shape index (κ3) is 4.18. The molecule has 1 N–H and O–H groups in total. The van der Waals surface area contributed by atoms with Crippen LogP contribution in [0, 0.1) is 3.57 Å². The van der Waals surface area contributed by atoms with E-state index in [0.29, 0.717) is 0 Å². The first-order chi connectivity index (χ1) is 14.5. The zero-order chi connectivity index (χ0) is 21.1. The predicted molar refractivity (Wildman–Crippen MR) is 120 cm³/mol. The van der Waals surface area contributed by atoms with Gasteiger partial charge >= 0.3 is 6.09 Å². The Bertz CT molecular complexity index is 1050. The van der Waals surface area contributed by atoms with Gasteiger partial charge in [-0.2, -0.15) is 0 Å². The number of benzene rings is 3. The molecule has 0 aliphatic heterocycles. The summed E-state index contributed by atoms with van der Waals surface area (Å²) in [4.78, 5) is 23.9. The van der Waals surface area contributed by atoms with Gasteiger partial charge in [-0.25, -0.2) is 4.79 Å². The van der Waals surface area contributed by atoms with Crippen molar-refractivity contribution in [3.63, 3.8) is 0 Å². The number of hydrogen-bond donors (Lipinski definition) is 1. The van der Waals surface area contributed by atoms with E-state index < -0.39 is 18.1 Å². The highest BCUT2D eigenvalue weighted by molar-refractivity contribution is 14.1. The van der Waals surface area contributed by atoms with E-state index in [1.807, 2.05) is 60.7 Å². The monoisotopic (exact) mass is 512 g/mol. The smallest absolute Gasteiger partial charge is 0.407 e. The van der Waals surface area contributed by atoms with Crippen LogP contribution >= 0.6 is 22.6 Å². The molecular formula is C24H19INO4-. The van der Waals surface area contributed by atoms with Crippen LogP contribution in [0.2, 0.25) is 0 Å². The fourth-order valence-corrected chi connectivity index (χ4v) is 4.47. The molecule has 1 atom stereocenters. The first-order valence-electron chi connectivity index (χ1n) is 9.60. The van der Waals surface area contributed by atoms with Gasteiger partial charge in [-0.05, 0) is 62.9 Å². The van der Waals surface area contributed by atoms with Crippen LogP contribution < -0.4 is 10.4 Å². The summed E-state index contributed by atoms with van der Waals surface area (Å²) >= 11 is 2.14. The first-order valence-corrected chi connectivity index (χ1v) is 10.7. The lowest BCUT2D eigenvalue weighted by Gasteiger charge is -2.21. The molecule has 0 fully saturated rings. The second-order valence-electron chi connectivity index (χ2n) is 7.14. The number of hydrogen-bond acceptors (Lipinski definition) is 4. The Kier molecular flexibility index (Phi) is 6.03. The van der Waals surface area contributed by atoms with Crippen LogP contribution in [0.4, 0.5) is 4.79 Å². The highest BCUT2D eigenvalue weighted by atomic mass is 127. The Morgan fingerprint density at radius 3 is 2.10 bits per heavy atom. The van der Waals surface area contributed by atoms with Gasteiger partial charge in [0.15, 0.2) is 0 Å². The maximum absolute atomic E-state index is 12.4. The van der Waals surface area contributed by atoms with Gasteiger partial charge in [-0.1, -0.05) is 66.7 Å². The zero-order valence-corrected chi connectivity index (χ0v) is 18.2. The number of carboxylic acids is 1. The maximum atomic E-state index is 12.4. The van der Waals surface area contributed by atoms with Crippen molar-refractivity contribution in [1.29, 1.82) is 0 Å². The Morgan fingerprint density at radius 1 is 0.933 bits per heavy atom. The minimum absolute atomic E-state index is 0.0837. The second-order valence-corrected chi connectivity index (χ2v) is 8.30. The largest absolute Gasteiger partial charge is 0.548 e. The number of carbonyl (C=O) groups excluding carboxylic acids is 2. The Balaban J connectivity index is 1.44. The molecule has 4 rings (SSSR count). The lowest BCUT2D eigenvalue weighted by Crippen LogP contribution is -2.49. The van der Waals surface area contributed by atoms with Gasteiger partial charge in [0, 0.05) is 9.49 Å². The van der Waals surface area contributed by atoms with Crippen LogP contribution in [-0.4, -0.2) is 24.7 Å². The SMILES string of the molecule is O=C(N[C@@H](Cc1ccccc1I)C(=O)[O-])OCC1c2ccccc2-c2ccccc21. The second kappa shape index (κ2) is 8.87. The molecule has 5 nitrogen and oxygen atoms in total. The molecule has 0 heterocycles. The molecule has 30 heavy (non-hydrogen) atoms. The van der Waals surface area contributed by atoms with Crippen molar-refractivity contribution < 1.29 is 19.4 Å². The Hall–Kier alpha value is -2.87. The van der Waals surface area contributed by atoms with Crippen molar-refractivity contribution in [3.05, 3.63) is 93.1 Å². The molecule has 1 aliphatic rings. The van der Waals surface area contributed by atoms with Crippen LogP contribution in [0.1, 0.15) is 22.6 Å². The molecular weight excluding hydrogens is 493 g/mol. The van der Waals surface area contributed by atoms with Gasteiger partial charge in [0.25, 0.3) is 0 Å². The number of carbonyl (C=O) groups is 2. The van der Waals surface area contributed by atoms with Crippen LogP contribution in [0.5, 0.6) is 0 Å². The summed E-state index contributed by atoms with van der Waals surface area (Å²) in [6.45, 7) is 0.127. The van der Waals surface area contributed by atoms with Gasteiger partial charge in [-0.15, -0.1) is 0 Å². The van der Waals surface area contributed by atoms with Gasteiger partial charge in [0.05, 0.1) is 12.0 Å². The average Bonchev–Trinajstić information content (AvgIpc) is 3.07. The summed E-state index contributed by atoms with van der Waals surface area (Å²) in [5, 5.41) is 14.0. The van der Waals surface area contributed by atoms with E-state index >= 15 is 0 Å². The van der Waals surface area contributed by atoms with Gasteiger partial charge in [-0.3, -0.25) is 0 Å². The number of fused-ring (bicyclic) bond motifs is 3. The van der Waals surface area contributed by atoms with Gasteiger partial charge in [0.1, 0.15) is 6.61 Å². The van der Waals surface area contributed by atoms with Crippen molar-refractivity contribution >= 4 is 34.7 Å². The number of ether oxygens (including phenoxy) is 1. The Morgan fingerprint density at radius 2 is 1.50 bits per heavy atom. The van der Waals surface area contributed by atoms with Gasteiger partial charge < -0.3 is 20.0 Å². The molecule has 0 radical (unpaired) electrons. The average molecular weight is 512 g/mol. The summed E-state index contributed by atoms with van der Waals surface area (Å²) in [5.41, 5.74) is 5.29. The molecule has 1 aliphatic carbocycles. The van der Waals surface area contributed by atoms with Crippen LogP contribution in [0.15, 0.2) is 72.8 Å². The summed E-state index contributed by atoms with van der Waals surface area (Å²) in [7, 11) is 0. The lowest BCUT2D eigenvalue weighted by molar-refractivity contribution is -0.308. The number of amides is 1. The van der Waals surface area contributed by atoms with Crippen LogP contribution in [-0.2, 0) is 16.0 Å². The predicted octanol–water partition coefficient (Wildman–Crippen LogP) is 3.49. The van der Waals surface area contributed by atoms with E-state index in [4.69, 9.17) is 4.74 Å². The molecule has 0 spiro atoms. The molecule has 6 heteroatoms. The summed E-state index contributed by atoms with van der Waals surface area (Å²) in [6, 6.07) is 22.3. The molecule has 3 aromatic carbocycles. The normalized spacial score (nSPS) is 13.2. The van der Waals surface area contributed by atoms with Gasteiger partial charge in [0.2, 0.25) is 0 Å². The molecule has 152 valence electrons. The highest BCUT2D eigenvalue weighted by Crippen LogP contribution is 2.44. The number of rotatable bonds is 6. The quantitative estimate of drug-likeness (QED) is 0.514. The number of halogens is 1. The number of nitrogens with one attached hydrogen (secondary N) is 1. The molecule has 0 saturated carbocycles. The highest BCUT2D eigenvalue weighted by Gasteiger charge is 2.29. The standard InChI is InChI=1S/C24H20INO4/c25-21-12-6-1-7-15(21)13-22(23(27)28)26-24(29)30-14-20-18-10-4-2-8-16(18)17-9-3-5-11-19(17)20/h1-12,20,22H,13-14H2,(H,26,29)(H,27,28)/p-1/t22-/m0/s1. The number of carboxylic acid groups (broad SMARTS) is 1. The van der Waals surface area contributed by atoms with Crippen molar-refractivity contribution in [2.24, 2.45) is 0 Å². The fraction of sp³-hybridized carbons (Fsp3) is 0.167. The molecule has 0 saturated heterocycles. The third-order valence-corrected chi connectivity index (χ3v) is 6.35. The van der Waals surface area contributed by atoms with Crippen molar-refractivity contribution in [3.8, 4) is 11.1 Å². The summed E-state index contributed by atoms with van der Waals surface area (Å²) in [6.07, 6.45) is -0.636. The lowest BCUT2D eigenvalue weighted by atomic mass is 9.98. The van der Waals surface area contributed by atoms with E-state index in [9.17, 15) is 14.7 Å². The number of aliphatic carboxylic acids is 1. The molecule has 0 unspecified atom stereocenters. The van der Waals surface area contributed by atoms with Crippen molar-refractivity contribution in [1.82, 2.24) is 5.32 Å². The van der Waals surface area contributed by atoms with Crippen molar-refractivity contribution in [2.75, 3.05) is 6.61 Å². The van der Waals surface area contributed by atoms with E-state index in [0.717, 1.165) is 31.4 Å². The minimum Gasteiger partial charge on any atom is -0.548 e. The fourth-order valence-electron chi connectivity index (χ4n) is 3.86. The van der Waals surface area contributed by atoms with Crippen molar-refractivity contribution in [2.45, 2.75) is 18.4 Å². The molecule has 0 aromatic heterocycles. The Labute approximate surface area is 188 Å². The summed E-state index contributed by atoms with van der Waals surface area (Å²) < 4.78 is 6.37. The van der Waals surface area contributed by atoms with E-state index in [1.54, 1.807) is 0 Å². The summed E-state index contributed by atoms with van der Waals surface area (Å²) in [5.74, 6) is -1.43.